The summed E-state index contributed by atoms with van der Waals surface area (Å²) < 4.78 is 14.9. The molecule has 18 nitrogen and oxygen atoms in total. The van der Waals surface area contributed by atoms with Crippen LogP contribution in [0.4, 0.5) is 0 Å². The van der Waals surface area contributed by atoms with Crippen LogP contribution in [0.25, 0.3) is 0 Å². The summed E-state index contributed by atoms with van der Waals surface area (Å²) in [6.07, 6.45) is -4.63. The van der Waals surface area contributed by atoms with E-state index >= 15 is 0 Å². The van der Waals surface area contributed by atoms with Gasteiger partial charge in [0.15, 0.2) is 23.0 Å². The number of phenolic OH excluding ortho intramolecular Hbond substituents is 7. The average molecular weight is 612 g/mol. The topological polar surface area (TPSA) is 320 Å². The molecule has 0 bridgehead atoms. The van der Waals surface area contributed by atoms with Crippen molar-refractivity contribution in [3.8, 4) is 46.0 Å². The minimum absolute atomic E-state index is 0.0183. The zero-order chi connectivity index (χ0) is 31.2. The summed E-state index contributed by atoms with van der Waals surface area (Å²) in [5.74, 6) is -19.4. The molecule has 4 unspecified atom stereocenters. The number of rotatable bonds is 9. The Kier molecular flexibility index (Phi) is 8.84. The molecule has 0 amide bonds. The fourth-order valence-corrected chi connectivity index (χ4v) is 4.46. The van der Waals surface area contributed by atoms with Gasteiger partial charge in [0.1, 0.15) is 17.9 Å². The second-order valence-corrected chi connectivity index (χ2v) is 9.32. The van der Waals surface area contributed by atoms with Gasteiger partial charge in [-0.15, -0.1) is 0 Å². The molecule has 4 atom stereocenters. The minimum atomic E-state index is -4.40. The Morgan fingerprint density at radius 1 is 0.878 bits per heavy atom. The second-order valence-electron chi connectivity index (χ2n) is 8.94. The van der Waals surface area contributed by atoms with Crippen molar-refractivity contribution in [3.05, 3.63) is 26.6 Å². The second kappa shape index (κ2) is 11.4. The Labute approximate surface area is 233 Å². The van der Waals surface area contributed by atoms with Crippen LogP contribution in [0.1, 0.15) is 29.2 Å². The van der Waals surface area contributed by atoms with Crippen LogP contribution in [-0.4, -0.2) is 110 Å². The number of nitroso groups, excluding NO2 is 1. The van der Waals surface area contributed by atoms with E-state index in [0.29, 0.717) is 0 Å². The zero-order valence-electron chi connectivity index (χ0n) is 20.7. The van der Waals surface area contributed by atoms with E-state index < -0.39 is 117 Å². The lowest BCUT2D eigenvalue weighted by Gasteiger charge is -2.38. The normalized spacial score (nSPS) is 21.6. The number of methoxy groups -OCH3 is 1. The number of halogens is 1. The molecular weight excluding hydrogens is 586 g/mol. The molecule has 0 aromatic heterocycles. The zero-order valence-corrected chi connectivity index (χ0v) is 21.5. The van der Waals surface area contributed by atoms with Gasteiger partial charge in [-0.1, -0.05) is 16.8 Å². The maximum Gasteiger partial charge on any atom is 0.409 e. The number of phenols is 7. The van der Waals surface area contributed by atoms with Crippen molar-refractivity contribution in [1.82, 2.24) is 0 Å². The van der Waals surface area contributed by atoms with Crippen molar-refractivity contribution >= 4 is 11.6 Å². The predicted molar refractivity (Wildman–Crippen MR) is 129 cm³/mol. The lowest BCUT2D eigenvalue weighted by molar-refractivity contribution is -0.502. The Morgan fingerprint density at radius 3 is 1.90 bits per heavy atom. The molecule has 1 fully saturated rings. The summed E-state index contributed by atoms with van der Waals surface area (Å²) in [5.41, 5.74) is -2.15. The summed E-state index contributed by atoms with van der Waals surface area (Å²) in [6, 6.07) is -1.45. The van der Waals surface area contributed by atoms with Crippen molar-refractivity contribution in [2.24, 2.45) is 5.18 Å². The third-order valence-corrected chi connectivity index (χ3v) is 6.82. The summed E-state index contributed by atoms with van der Waals surface area (Å²) in [6.45, 7) is -0.586. The molecule has 1 aliphatic rings. The fraction of sp³-hybridized carbons (Fsp3) is 0.455. The third kappa shape index (κ3) is 5.52. The Bertz CT molecular complexity index is 1300. The van der Waals surface area contributed by atoms with E-state index in [1.165, 1.54) is 7.11 Å². The summed E-state index contributed by atoms with van der Waals surface area (Å²) in [7, 11) is 1.22. The van der Waals surface area contributed by atoms with Crippen LogP contribution < -0.4 is 4.74 Å². The van der Waals surface area contributed by atoms with Crippen molar-refractivity contribution < 1.29 is 80.6 Å². The number of aliphatic hydroxyl groups excluding tert-OH is 1. The molecule has 228 valence electrons. The van der Waals surface area contributed by atoms with Crippen LogP contribution >= 0.6 is 11.6 Å². The molecule has 1 saturated heterocycles. The highest BCUT2D eigenvalue weighted by atomic mass is 35.5. The monoisotopic (exact) mass is 611 g/mol. The van der Waals surface area contributed by atoms with Crippen LogP contribution in [0.15, 0.2) is 5.18 Å². The number of aliphatic hydroxyl groups is 6. The first-order valence-corrected chi connectivity index (χ1v) is 11.7. The molecule has 3 rings (SSSR count). The number of hydrogen-bond acceptors (Lipinski definition) is 18. The van der Waals surface area contributed by atoms with Gasteiger partial charge in [-0.05, 0) is 0 Å². The quantitative estimate of drug-likeness (QED) is 0.0662. The van der Waals surface area contributed by atoms with E-state index in [2.05, 4.69) is 9.91 Å². The van der Waals surface area contributed by atoms with Gasteiger partial charge in [0, 0.05) is 31.1 Å². The van der Waals surface area contributed by atoms with Crippen LogP contribution in [-0.2, 0) is 15.9 Å². The van der Waals surface area contributed by atoms with E-state index in [1.807, 2.05) is 0 Å². The Balaban J connectivity index is 2.19. The largest absolute Gasteiger partial charge is 0.507 e. The van der Waals surface area contributed by atoms with E-state index in [4.69, 9.17) is 36.4 Å². The molecule has 19 heteroatoms. The first kappa shape index (κ1) is 31.9. The number of benzene rings is 2. The molecule has 2 aromatic rings. The molecule has 0 radical (unpaired) electrons. The van der Waals surface area contributed by atoms with Gasteiger partial charge >= 0.3 is 11.9 Å². The van der Waals surface area contributed by atoms with Crippen LogP contribution in [0.3, 0.4) is 0 Å². The summed E-state index contributed by atoms with van der Waals surface area (Å²) >= 11 is 6.08. The van der Waals surface area contributed by atoms with Crippen molar-refractivity contribution in [1.29, 1.82) is 0 Å². The number of aromatic hydroxyl groups is 7. The molecule has 1 aliphatic heterocycles. The lowest BCUT2D eigenvalue weighted by atomic mass is 9.88. The number of nitrogens with zero attached hydrogens (tertiary/aromatic N) is 1. The molecule has 0 saturated carbocycles. The highest BCUT2D eigenvalue weighted by Gasteiger charge is 2.51. The van der Waals surface area contributed by atoms with Crippen LogP contribution in [0.5, 0.6) is 46.0 Å². The molecular formula is C22H26ClNO17. The van der Waals surface area contributed by atoms with Gasteiger partial charge in [-0.25, -0.2) is 0 Å². The van der Waals surface area contributed by atoms with Crippen molar-refractivity contribution in [3.63, 3.8) is 0 Å². The molecule has 2 aromatic carbocycles. The molecule has 0 spiro atoms. The maximum atomic E-state index is 11.7. The van der Waals surface area contributed by atoms with E-state index in [9.17, 15) is 56.0 Å². The van der Waals surface area contributed by atoms with E-state index in [0.717, 1.165) is 0 Å². The smallest absolute Gasteiger partial charge is 0.409 e. The molecule has 0 aliphatic carbocycles. The van der Waals surface area contributed by atoms with Gasteiger partial charge in [-0.3, -0.25) is 0 Å². The maximum absolute atomic E-state index is 11.7. The van der Waals surface area contributed by atoms with Gasteiger partial charge in [0.05, 0.1) is 29.4 Å². The molecule has 13 N–H and O–H groups in total. The first-order valence-electron chi connectivity index (χ1n) is 11.3. The third-order valence-electron chi connectivity index (χ3n) is 6.42. The van der Waals surface area contributed by atoms with Crippen LogP contribution in [0.2, 0.25) is 5.02 Å². The molecule has 41 heavy (non-hydrogen) atoms. The van der Waals surface area contributed by atoms with Gasteiger partial charge in [0.2, 0.25) is 17.2 Å². The SMILES string of the molecule is COC1CC(CO)OC(c2c(O)c(O)c(Cl)c(Cc3c(O)c(O)c(OC(O)(O)C(O)(O)O)c(O)c3O)c2O)C1N=O. The predicted octanol–water partition coefficient (Wildman–Crippen LogP) is -1.51. The fourth-order valence-electron chi connectivity index (χ4n) is 4.21. The lowest BCUT2D eigenvalue weighted by Crippen LogP contribution is -2.58. The van der Waals surface area contributed by atoms with Gasteiger partial charge in [0.25, 0.3) is 0 Å². The van der Waals surface area contributed by atoms with Gasteiger partial charge < -0.3 is 80.6 Å². The summed E-state index contributed by atoms with van der Waals surface area (Å²) in [4.78, 5) is 11.7. The van der Waals surface area contributed by atoms with Crippen molar-refractivity contribution in [2.45, 2.75) is 49.1 Å². The number of hydrogen-bond donors (Lipinski definition) is 13. The summed E-state index contributed by atoms with van der Waals surface area (Å²) in [5, 5.41) is 131. The molecule has 1 heterocycles. The Hall–Kier alpha value is -3.59. The first-order chi connectivity index (χ1) is 18.9. The number of ether oxygens (including phenoxy) is 3. The van der Waals surface area contributed by atoms with Crippen LogP contribution in [0, 0.1) is 4.91 Å². The average Bonchev–Trinajstić information content (AvgIpc) is 2.91. The van der Waals surface area contributed by atoms with E-state index in [-0.39, 0.29) is 6.42 Å². The van der Waals surface area contributed by atoms with Gasteiger partial charge in [-0.2, -0.15) is 4.91 Å². The van der Waals surface area contributed by atoms with Crippen molar-refractivity contribution in [2.75, 3.05) is 13.7 Å². The minimum Gasteiger partial charge on any atom is -0.507 e. The van der Waals surface area contributed by atoms with E-state index in [1.54, 1.807) is 0 Å². The highest BCUT2D eigenvalue weighted by Crippen LogP contribution is 2.56. The standard InChI is InChI=1S/C22H26ClNO17/c1-39-8-2-5(4-25)40-19(11(8)24-38)9-12(26)6(10(23)16(30)15(9)29)3-7-13(27)17(31)20(18(32)14(7)28)41-22(36,37)21(33,34)35/h5,8,11,19,25-37H,2-4H2,1H3. The highest BCUT2D eigenvalue weighted by molar-refractivity contribution is 6.33. The Morgan fingerprint density at radius 2 is 1.44 bits per heavy atom.